The zero-order valence-electron chi connectivity index (χ0n) is 12.8. The van der Waals surface area contributed by atoms with Crippen molar-refractivity contribution < 1.29 is 13.2 Å². The monoisotopic (exact) mass is 421 g/mol. The summed E-state index contributed by atoms with van der Waals surface area (Å²) in [6.45, 7) is 1.72. The van der Waals surface area contributed by atoms with Gasteiger partial charge in [-0.1, -0.05) is 40.9 Å². The van der Waals surface area contributed by atoms with E-state index in [9.17, 15) is 8.42 Å². The van der Waals surface area contributed by atoms with E-state index in [2.05, 4.69) is 19.8 Å². The first-order chi connectivity index (χ1) is 11.7. The second-order valence-corrected chi connectivity index (χ2v) is 7.64. The summed E-state index contributed by atoms with van der Waals surface area (Å²) < 4.78 is 33.6. The Labute approximate surface area is 157 Å². The van der Waals surface area contributed by atoms with Gasteiger partial charge >= 0.3 is 6.01 Å². The second-order valence-electron chi connectivity index (χ2n) is 4.89. The van der Waals surface area contributed by atoms with Crippen LogP contribution in [0.5, 0.6) is 6.01 Å². The Morgan fingerprint density at radius 2 is 1.92 bits per heavy atom. The molecule has 3 aromatic rings. The number of hydrogen-bond acceptors (Lipinski definition) is 6. The van der Waals surface area contributed by atoms with Crippen LogP contribution in [-0.2, 0) is 10.0 Å². The normalized spacial score (nSPS) is 11.7. The van der Waals surface area contributed by atoms with E-state index in [4.69, 9.17) is 39.5 Å². The summed E-state index contributed by atoms with van der Waals surface area (Å²) in [7, 11) is -2.82. The first-order valence-corrected chi connectivity index (χ1v) is 9.29. The number of aromatic nitrogens is 4. The first kappa shape index (κ1) is 18.0. The number of hydrogen-bond donors (Lipinski definition) is 1. The van der Waals surface area contributed by atoms with E-state index in [1.165, 1.54) is 19.2 Å². The highest BCUT2D eigenvalue weighted by molar-refractivity contribution is 7.92. The maximum atomic E-state index is 12.6. The van der Waals surface area contributed by atoms with Crippen LogP contribution < -0.4 is 9.46 Å². The van der Waals surface area contributed by atoms with Crippen molar-refractivity contribution in [1.29, 1.82) is 0 Å². The number of anilines is 1. The third kappa shape index (κ3) is 3.32. The average molecular weight is 423 g/mol. The van der Waals surface area contributed by atoms with Crippen LogP contribution in [0.25, 0.3) is 5.65 Å². The molecule has 1 aromatic carbocycles. The van der Waals surface area contributed by atoms with Crippen LogP contribution >= 0.6 is 34.8 Å². The Morgan fingerprint density at radius 1 is 1.20 bits per heavy atom. The van der Waals surface area contributed by atoms with E-state index in [1.807, 2.05) is 0 Å². The van der Waals surface area contributed by atoms with Gasteiger partial charge in [0.05, 0.1) is 22.8 Å². The first-order valence-electron chi connectivity index (χ1n) is 6.67. The number of benzene rings is 1. The van der Waals surface area contributed by atoms with Gasteiger partial charge in [-0.3, -0.25) is 4.72 Å². The molecule has 2 aromatic heterocycles. The number of nitrogens with one attached hydrogen (secondary N) is 1. The highest BCUT2D eigenvalue weighted by atomic mass is 35.5. The molecule has 8 nitrogen and oxygen atoms in total. The van der Waals surface area contributed by atoms with Gasteiger partial charge < -0.3 is 4.74 Å². The Morgan fingerprint density at radius 3 is 2.60 bits per heavy atom. The van der Waals surface area contributed by atoms with Crippen molar-refractivity contribution in [2.24, 2.45) is 0 Å². The summed E-state index contributed by atoms with van der Waals surface area (Å²) in [4.78, 5) is 7.83. The van der Waals surface area contributed by atoms with Crippen molar-refractivity contribution >= 4 is 56.2 Å². The van der Waals surface area contributed by atoms with Crippen molar-refractivity contribution in [3.05, 3.63) is 39.0 Å². The lowest BCUT2D eigenvalue weighted by Gasteiger charge is -2.10. The van der Waals surface area contributed by atoms with Crippen LogP contribution in [-0.4, -0.2) is 35.1 Å². The standard InChI is InChI=1S/C13H10Cl3N5O3S/c1-6-3-4-7(14)11(10(6)16)20-25(22,23)12-18-9-5-8(15)17-13(24-2)21(9)19-12/h3-5,20H,1-2H3. The summed E-state index contributed by atoms with van der Waals surface area (Å²) in [5, 5.41) is 3.79. The van der Waals surface area contributed by atoms with Crippen LogP contribution in [0, 0.1) is 6.92 Å². The smallest absolute Gasteiger partial charge is 0.320 e. The maximum absolute atomic E-state index is 12.6. The quantitative estimate of drug-likeness (QED) is 0.648. The predicted octanol–water partition coefficient (Wildman–Crippen LogP) is 3.20. The molecule has 0 bridgehead atoms. The van der Waals surface area contributed by atoms with Crippen molar-refractivity contribution in [2.45, 2.75) is 12.1 Å². The average Bonchev–Trinajstić information content (AvgIpc) is 2.99. The molecule has 0 atom stereocenters. The summed E-state index contributed by atoms with van der Waals surface area (Å²) in [6, 6.07) is 4.54. The fourth-order valence-corrected chi connectivity index (χ4v) is 3.71. The maximum Gasteiger partial charge on any atom is 0.320 e. The van der Waals surface area contributed by atoms with Crippen molar-refractivity contribution in [3.63, 3.8) is 0 Å². The number of nitrogens with zero attached hydrogens (tertiary/aromatic N) is 4. The van der Waals surface area contributed by atoms with Crippen LogP contribution in [0.1, 0.15) is 5.56 Å². The molecular weight excluding hydrogens is 413 g/mol. The number of methoxy groups -OCH3 is 1. The van der Waals surface area contributed by atoms with Crippen LogP contribution in [0.2, 0.25) is 15.2 Å². The molecule has 0 amide bonds. The summed E-state index contributed by atoms with van der Waals surface area (Å²) >= 11 is 18.0. The molecule has 2 heterocycles. The van der Waals surface area contributed by atoms with Crippen LogP contribution in [0.3, 0.4) is 0 Å². The van der Waals surface area contributed by atoms with E-state index >= 15 is 0 Å². The molecule has 3 rings (SSSR count). The molecule has 0 aliphatic rings. The molecule has 132 valence electrons. The molecule has 0 radical (unpaired) electrons. The Bertz CT molecular complexity index is 1080. The fraction of sp³-hybridized carbons (Fsp3) is 0.154. The minimum atomic E-state index is -4.16. The minimum absolute atomic E-state index is 0.0110. The van der Waals surface area contributed by atoms with Gasteiger partial charge in [0.2, 0.25) is 0 Å². The number of rotatable bonds is 4. The lowest BCUT2D eigenvalue weighted by Crippen LogP contribution is -2.15. The van der Waals surface area contributed by atoms with Gasteiger partial charge in [0.15, 0.2) is 5.65 Å². The van der Waals surface area contributed by atoms with Gasteiger partial charge in [-0.25, -0.2) is 0 Å². The van der Waals surface area contributed by atoms with E-state index in [0.29, 0.717) is 5.56 Å². The number of fused-ring (bicyclic) bond motifs is 1. The van der Waals surface area contributed by atoms with Crippen LogP contribution in [0.4, 0.5) is 5.69 Å². The Hall–Kier alpha value is -1.81. The van der Waals surface area contributed by atoms with Gasteiger partial charge in [0.25, 0.3) is 15.2 Å². The van der Waals surface area contributed by atoms with Gasteiger partial charge in [0.1, 0.15) is 5.15 Å². The number of sulfonamides is 1. The summed E-state index contributed by atoms with van der Waals surface area (Å²) in [5.74, 6) is 0. The van der Waals surface area contributed by atoms with Crippen molar-refractivity contribution in [2.75, 3.05) is 11.8 Å². The lowest BCUT2D eigenvalue weighted by atomic mass is 10.2. The Kier molecular flexibility index (Phi) is 4.67. The zero-order chi connectivity index (χ0) is 18.4. The van der Waals surface area contributed by atoms with Crippen molar-refractivity contribution in [3.8, 4) is 6.01 Å². The van der Waals surface area contributed by atoms with Gasteiger partial charge in [-0.2, -0.15) is 22.9 Å². The molecule has 1 N–H and O–H groups in total. The molecule has 0 saturated heterocycles. The topological polar surface area (TPSA) is 98.5 Å². The molecule has 0 spiro atoms. The number of aryl methyl sites for hydroxylation is 1. The van der Waals surface area contributed by atoms with E-state index in [-0.39, 0.29) is 32.5 Å². The highest BCUT2D eigenvalue weighted by Crippen LogP contribution is 2.34. The number of ether oxygens (including phenoxy) is 1. The largest absolute Gasteiger partial charge is 0.467 e. The minimum Gasteiger partial charge on any atom is -0.467 e. The molecule has 0 fully saturated rings. The highest BCUT2D eigenvalue weighted by Gasteiger charge is 2.25. The molecule has 0 unspecified atom stereocenters. The predicted molar refractivity (Wildman–Crippen MR) is 94.4 cm³/mol. The third-order valence-corrected chi connectivity index (χ3v) is 5.31. The molecule has 0 aliphatic carbocycles. The Balaban J connectivity index is 2.10. The zero-order valence-corrected chi connectivity index (χ0v) is 15.9. The lowest BCUT2D eigenvalue weighted by molar-refractivity contribution is 0.366. The van der Waals surface area contributed by atoms with E-state index in [0.717, 1.165) is 4.52 Å². The molecule has 0 aliphatic heterocycles. The SMILES string of the molecule is COc1nc(Cl)cc2nc(S(=O)(=O)Nc3c(Cl)ccc(C)c3Cl)nn12. The van der Waals surface area contributed by atoms with Crippen LogP contribution in [0.15, 0.2) is 23.4 Å². The van der Waals surface area contributed by atoms with Gasteiger partial charge in [-0.05, 0) is 18.6 Å². The molecular formula is C13H10Cl3N5O3S. The molecule has 25 heavy (non-hydrogen) atoms. The third-order valence-electron chi connectivity index (χ3n) is 3.19. The number of halogens is 3. The van der Waals surface area contributed by atoms with Gasteiger partial charge in [-0.15, -0.1) is 5.10 Å². The summed E-state index contributed by atoms with van der Waals surface area (Å²) in [6.07, 6.45) is 0. The fourth-order valence-electron chi connectivity index (χ4n) is 1.99. The van der Waals surface area contributed by atoms with Gasteiger partial charge in [0, 0.05) is 6.07 Å². The van der Waals surface area contributed by atoms with Crippen molar-refractivity contribution in [1.82, 2.24) is 19.6 Å². The second kappa shape index (κ2) is 6.49. The molecule has 12 heteroatoms. The molecule has 0 saturated carbocycles. The van der Waals surface area contributed by atoms with E-state index < -0.39 is 15.2 Å². The summed E-state index contributed by atoms with van der Waals surface area (Å²) in [5.41, 5.74) is 0.855. The van der Waals surface area contributed by atoms with E-state index in [1.54, 1.807) is 13.0 Å².